The van der Waals surface area contributed by atoms with Crippen molar-refractivity contribution in [3.05, 3.63) is 17.5 Å². The highest BCUT2D eigenvalue weighted by atomic mass is 16.5. The Hall–Kier alpha value is -1.32. The topological polar surface area (TPSA) is 63.3 Å². The molecule has 1 atom stereocenters. The fourth-order valence-corrected chi connectivity index (χ4v) is 1.17. The lowest BCUT2D eigenvalue weighted by Crippen LogP contribution is -2.02. The van der Waals surface area contributed by atoms with E-state index in [0.717, 1.165) is 11.5 Å². The van der Waals surface area contributed by atoms with E-state index in [1.165, 1.54) is 0 Å². The first-order valence-corrected chi connectivity index (χ1v) is 4.69. The van der Waals surface area contributed by atoms with Crippen LogP contribution >= 0.6 is 0 Å². The molecule has 1 N–H and O–H groups in total. The predicted octanol–water partition coefficient (Wildman–Crippen LogP) is 2.38. The molecule has 4 heteroatoms. The maximum absolute atomic E-state index is 10.5. The summed E-state index contributed by atoms with van der Waals surface area (Å²) in [6, 6.07) is 1.83. The Kier molecular flexibility index (Phi) is 3.28. The average molecular weight is 197 g/mol. The van der Waals surface area contributed by atoms with Crippen molar-refractivity contribution in [2.45, 2.75) is 39.0 Å². The SMILES string of the molecule is CC(C)c1cc(C(C)CC(=O)O)no1. The van der Waals surface area contributed by atoms with E-state index in [1.54, 1.807) is 0 Å². The maximum atomic E-state index is 10.5. The van der Waals surface area contributed by atoms with Crippen molar-refractivity contribution >= 4 is 5.97 Å². The van der Waals surface area contributed by atoms with Crippen LogP contribution in [0, 0.1) is 0 Å². The third-order valence-corrected chi connectivity index (χ3v) is 2.10. The molecular formula is C10H15NO3. The molecule has 0 fully saturated rings. The molecule has 78 valence electrons. The monoisotopic (exact) mass is 197 g/mol. The Morgan fingerprint density at radius 3 is 2.64 bits per heavy atom. The molecule has 4 nitrogen and oxygen atoms in total. The molecular weight excluding hydrogens is 182 g/mol. The zero-order chi connectivity index (χ0) is 10.7. The molecule has 1 aromatic rings. The van der Waals surface area contributed by atoms with Gasteiger partial charge in [0.25, 0.3) is 0 Å². The minimum absolute atomic E-state index is 0.0874. The van der Waals surface area contributed by atoms with Gasteiger partial charge in [-0.2, -0.15) is 0 Å². The van der Waals surface area contributed by atoms with Gasteiger partial charge >= 0.3 is 5.97 Å². The highest BCUT2D eigenvalue weighted by Gasteiger charge is 2.15. The third kappa shape index (κ3) is 2.58. The number of carbonyl (C=O) groups is 1. The number of carboxylic acid groups (broad SMARTS) is 1. The molecule has 0 bridgehead atoms. The Morgan fingerprint density at radius 1 is 1.57 bits per heavy atom. The second-order valence-corrected chi connectivity index (χ2v) is 3.81. The summed E-state index contributed by atoms with van der Waals surface area (Å²) in [5.74, 6) is 0.181. The zero-order valence-corrected chi connectivity index (χ0v) is 8.65. The third-order valence-electron chi connectivity index (χ3n) is 2.10. The molecule has 0 aliphatic heterocycles. The summed E-state index contributed by atoms with van der Waals surface area (Å²) < 4.78 is 5.09. The van der Waals surface area contributed by atoms with Gasteiger partial charge in [0, 0.05) is 17.9 Å². The average Bonchev–Trinajstić information content (AvgIpc) is 2.50. The lowest BCUT2D eigenvalue weighted by molar-refractivity contribution is -0.137. The fourth-order valence-electron chi connectivity index (χ4n) is 1.17. The highest BCUT2D eigenvalue weighted by molar-refractivity contribution is 5.67. The molecule has 0 aromatic carbocycles. The lowest BCUT2D eigenvalue weighted by atomic mass is 10.0. The molecule has 0 spiro atoms. The van der Waals surface area contributed by atoms with Crippen LogP contribution in [0.1, 0.15) is 50.5 Å². The Balaban J connectivity index is 2.71. The van der Waals surface area contributed by atoms with Crippen molar-refractivity contribution in [1.29, 1.82) is 0 Å². The Bertz CT molecular complexity index is 317. The van der Waals surface area contributed by atoms with Crippen molar-refractivity contribution < 1.29 is 14.4 Å². The van der Waals surface area contributed by atoms with Crippen molar-refractivity contribution in [3.63, 3.8) is 0 Å². The van der Waals surface area contributed by atoms with Crippen molar-refractivity contribution in [2.24, 2.45) is 0 Å². The van der Waals surface area contributed by atoms with Crippen LogP contribution in [-0.4, -0.2) is 16.2 Å². The molecule has 0 aliphatic rings. The van der Waals surface area contributed by atoms with Crippen molar-refractivity contribution in [1.82, 2.24) is 5.16 Å². The largest absolute Gasteiger partial charge is 0.481 e. The number of aromatic nitrogens is 1. The van der Waals surface area contributed by atoms with Gasteiger partial charge in [0.05, 0.1) is 12.1 Å². The summed E-state index contributed by atoms with van der Waals surface area (Å²) in [6.07, 6.45) is 0.0874. The van der Waals surface area contributed by atoms with Gasteiger partial charge in [-0.05, 0) is 0 Å². The summed E-state index contributed by atoms with van der Waals surface area (Å²) in [6.45, 7) is 5.84. The van der Waals surface area contributed by atoms with E-state index < -0.39 is 5.97 Å². The van der Waals surface area contributed by atoms with Crippen LogP contribution in [-0.2, 0) is 4.79 Å². The number of carboxylic acids is 1. The van der Waals surface area contributed by atoms with Crippen LogP contribution in [0.4, 0.5) is 0 Å². The molecule has 1 rings (SSSR count). The number of nitrogens with zero attached hydrogens (tertiary/aromatic N) is 1. The normalized spacial score (nSPS) is 13.1. The van der Waals surface area contributed by atoms with Crippen LogP contribution in [0.25, 0.3) is 0 Å². The standard InChI is InChI=1S/C10H15NO3/c1-6(2)9-5-8(11-14-9)7(3)4-10(12)13/h5-7H,4H2,1-3H3,(H,12,13). The van der Waals surface area contributed by atoms with Crippen LogP contribution in [0.15, 0.2) is 10.6 Å². The van der Waals surface area contributed by atoms with Gasteiger partial charge in [0.15, 0.2) is 0 Å². The van der Waals surface area contributed by atoms with Crippen LogP contribution < -0.4 is 0 Å². The summed E-state index contributed by atoms with van der Waals surface area (Å²) in [5.41, 5.74) is 0.719. The molecule has 1 heterocycles. The van der Waals surface area contributed by atoms with Crippen LogP contribution in [0.3, 0.4) is 0 Å². The maximum Gasteiger partial charge on any atom is 0.304 e. The van der Waals surface area contributed by atoms with Gasteiger partial charge in [-0.25, -0.2) is 0 Å². The Labute approximate surface area is 82.9 Å². The number of hydrogen-bond acceptors (Lipinski definition) is 3. The van der Waals surface area contributed by atoms with Gasteiger partial charge < -0.3 is 9.63 Å². The fraction of sp³-hybridized carbons (Fsp3) is 0.600. The van der Waals surface area contributed by atoms with Crippen molar-refractivity contribution in [2.75, 3.05) is 0 Å². The van der Waals surface area contributed by atoms with E-state index in [1.807, 2.05) is 26.8 Å². The van der Waals surface area contributed by atoms with Gasteiger partial charge in [-0.3, -0.25) is 4.79 Å². The molecule has 0 radical (unpaired) electrons. The first kappa shape index (κ1) is 10.8. The second kappa shape index (κ2) is 4.26. The highest BCUT2D eigenvalue weighted by Crippen LogP contribution is 2.22. The summed E-state index contributed by atoms with van der Waals surface area (Å²) >= 11 is 0. The van der Waals surface area contributed by atoms with E-state index in [9.17, 15) is 4.79 Å². The molecule has 1 aromatic heterocycles. The van der Waals surface area contributed by atoms with E-state index in [2.05, 4.69) is 5.16 Å². The Morgan fingerprint density at radius 2 is 2.21 bits per heavy atom. The van der Waals surface area contributed by atoms with Gasteiger partial charge in [-0.1, -0.05) is 25.9 Å². The van der Waals surface area contributed by atoms with E-state index in [-0.39, 0.29) is 18.3 Å². The predicted molar refractivity (Wildman–Crippen MR) is 51.3 cm³/mol. The quantitative estimate of drug-likeness (QED) is 0.804. The first-order chi connectivity index (χ1) is 6.50. The van der Waals surface area contributed by atoms with Gasteiger partial charge in [0.2, 0.25) is 0 Å². The van der Waals surface area contributed by atoms with Gasteiger partial charge in [0.1, 0.15) is 5.76 Å². The summed E-state index contributed by atoms with van der Waals surface area (Å²) in [4.78, 5) is 10.5. The molecule has 0 saturated heterocycles. The zero-order valence-electron chi connectivity index (χ0n) is 8.65. The minimum atomic E-state index is -0.813. The van der Waals surface area contributed by atoms with E-state index in [4.69, 9.17) is 9.63 Å². The van der Waals surface area contributed by atoms with Crippen molar-refractivity contribution in [3.8, 4) is 0 Å². The molecule has 0 saturated carbocycles. The molecule has 1 unspecified atom stereocenters. The van der Waals surface area contributed by atoms with Crippen LogP contribution in [0.5, 0.6) is 0 Å². The smallest absolute Gasteiger partial charge is 0.304 e. The minimum Gasteiger partial charge on any atom is -0.481 e. The molecule has 0 aliphatic carbocycles. The second-order valence-electron chi connectivity index (χ2n) is 3.81. The number of rotatable bonds is 4. The molecule has 14 heavy (non-hydrogen) atoms. The molecule has 0 amide bonds. The number of hydrogen-bond donors (Lipinski definition) is 1. The van der Waals surface area contributed by atoms with E-state index >= 15 is 0 Å². The van der Waals surface area contributed by atoms with E-state index in [0.29, 0.717) is 0 Å². The summed E-state index contributed by atoms with van der Waals surface area (Å²) in [5, 5.41) is 12.5. The lowest BCUT2D eigenvalue weighted by Gasteiger charge is -2.01. The first-order valence-electron chi connectivity index (χ1n) is 4.69. The number of aliphatic carboxylic acids is 1. The summed E-state index contributed by atoms with van der Waals surface area (Å²) in [7, 11) is 0. The van der Waals surface area contributed by atoms with Gasteiger partial charge in [-0.15, -0.1) is 0 Å². The van der Waals surface area contributed by atoms with Crippen LogP contribution in [0.2, 0.25) is 0 Å².